The average Bonchev–Trinajstić information content (AvgIpc) is 3.03. The van der Waals surface area contributed by atoms with Gasteiger partial charge in [0.2, 0.25) is 5.95 Å². The van der Waals surface area contributed by atoms with Gasteiger partial charge in [-0.1, -0.05) is 12.1 Å². The summed E-state index contributed by atoms with van der Waals surface area (Å²) in [5, 5.41) is 3.22. The van der Waals surface area contributed by atoms with Gasteiger partial charge in [-0.05, 0) is 24.3 Å². The van der Waals surface area contributed by atoms with E-state index in [1.807, 2.05) is 42.5 Å². The SMILES string of the molecule is c1ccc2[nH]c(Nc3ccc4ncoc4c3)nc2c1. The third-order valence-electron chi connectivity index (χ3n) is 2.98. The topological polar surface area (TPSA) is 66.7 Å². The summed E-state index contributed by atoms with van der Waals surface area (Å²) < 4.78 is 5.27. The molecule has 0 atom stereocenters. The standard InChI is InChI=1S/C14H10N4O/c1-2-4-11-10(3-1)17-14(18-11)16-9-5-6-12-13(7-9)19-8-15-12/h1-8H,(H2,16,17,18). The van der Waals surface area contributed by atoms with Crippen molar-refractivity contribution in [3.63, 3.8) is 0 Å². The Morgan fingerprint density at radius 2 is 2.00 bits per heavy atom. The van der Waals surface area contributed by atoms with Crippen LogP contribution < -0.4 is 5.32 Å². The first-order valence-corrected chi connectivity index (χ1v) is 5.93. The van der Waals surface area contributed by atoms with Gasteiger partial charge in [0.25, 0.3) is 0 Å². The predicted molar refractivity (Wildman–Crippen MR) is 73.4 cm³/mol. The summed E-state index contributed by atoms with van der Waals surface area (Å²) in [5.74, 6) is 0.708. The smallest absolute Gasteiger partial charge is 0.205 e. The van der Waals surface area contributed by atoms with Gasteiger partial charge in [0, 0.05) is 11.8 Å². The normalized spacial score (nSPS) is 11.2. The molecule has 4 rings (SSSR count). The fourth-order valence-corrected chi connectivity index (χ4v) is 2.08. The maximum Gasteiger partial charge on any atom is 0.205 e. The Morgan fingerprint density at radius 3 is 2.95 bits per heavy atom. The van der Waals surface area contributed by atoms with E-state index in [2.05, 4.69) is 20.3 Å². The van der Waals surface area contributed by atoms with Crippen LogP contribution in [0.25, 0.3) is 22.1 Å². The van der Waals surface area contributed by atoms with Crippen molar-refractivity contribution in [3.05, 3.63) is 48.9 Å². The number of benzene rings is 2. The first-order chi connectivity index (χ1) is 9.38. The molecule has 2 aromatic heterocycles. The molecule has 2 N–H and O–H groups in total. The number of para-hydroxylation sites is 2. The zero-order valence-electron chi connectivity index (χ0n) is 9.92. The molecule has 0 spiro atoms. The molecule has 0 radical (unpaired) electrons. The van der Waals surface area contributed by atoms with Crippen molar-refractivity contribution in [3.8, 4) is 0 Å². The largest absolute Gasteiger partial charge is 0.443 e. The Balaban J connectivity index is 1.72. The van der Waals surface area contributed by atoms with E-state index < -0.39 is 0 Å². The van der Waals surface area contributed by atoms with E-state index in [0.29, 0.717) is 5.95 Å². The lowest BCUT2D eigenvalue weighted by Crippen LogP contribution is -1.91. The molecular weight excluding hydrogens is 240 g/mol. The highest BCUT2D eigenvalue weighted by Gasteiger charge is 2.04. The number of hydrogen-bond acceptors (Lipinski definition) is 4. The van der Waals surface area contributed by atoms with E-state index in [0.717, 1.165) is 27.8 Å². The number of imidazole rings is 1. The molecule has 0 aliphatic carbocycles. The molecule has 0 unspecified atom stereocenters. The van der Waals surface area contributed by atoms with Gasteiger partial charge in [0.15, 0.2) is 12.0 Å². The first-order valence-electron chi connectivity index (χ1n) is 5.93. The van der Waals surface area contributed by atoms with E-state index >= 15 is 0 Å². The highest BCUT2D eigenvalue weighted by molar-refractivity contribution is 5.80. The number of rotatable bonds is 2. The molecule has 0 aliphatic rings. The van der Waals surface area contributed by atoms with Crippen molar-refractivity contribution in [1.29, 1.82) is 0 Å². The Labute approximate surface area is 108 Å². The molecule has 0 saturated heterocycles. The van der Waals surface area contributed by atoms with Crippen LogP contribution in [-0.4, -0.2) is 15.0 Å². The summed E-state index contributed by atoms with van der Waals surface area (Å²) in [7, 11) is 0. The maximum atomic E-state index is 5.27. The van der Waals surface area contributed by atoms with Crippen LogP contribution in [0.3, 0.4) is 0 Å². The third-order valence-corrected chi connectivity index (χ3v) is 2.98. The third kappa shape index (κ3) is 1.72. The minimum Gasteiger partial charge on any atom is -0.443 e. The van der Waals surface area contributed by atoms with Crippen LogP contribution in [0.1, 0.15) is 0 Å². The van der Waals surface area contributed by atoms with Crippen molar-refractivity contribution in [2.45, 2.75) is 0 Å². The molecule has 0 aliphatic heterocycles. The van der Waals surface area contributed by atoms with E-state index in [-0.39, 0.29) is 0 Å². The Bertz CT molecular complexity index is 829. The second-order valence-corrected chi connectivity index (χ2v) is 4.26. The molecular formula is C14H10N4O. The van der Waals surface area contributed by atoms with Gasteiger partial charge in [0.05, 0.1) is 11.0 Å². The van der Waals surface area contributed by atoms with E-state index in [1.165, 1.54) is 6.39 Å². The molecule has 0 saturated carbocycles. The summed E-state index contributed by atoms with van der Waals surface area (Å²) in [6.07, 6.45) is 1.44. The van der Waals surface area contributed by atoms with Crippen LogP contribution in [0.15, 0.2) is 53.3 Å². The van der Waals surface area contributed by atoms with Crippen LogP contribution in [0.5, 0.6) is 0 Å². The lowest BCUT2D eigenvalue weighted by Gasteiger charge is -2.01. The average molecular weight is 250 g/mol. The lowest BCUT2D eigenvalue weighted by atomic mass is 10.3. The predicted octanol–water partition coefficient (Wildman–Crippen LogP) is 3.45. The number of H-pyrrole nitrogens is 1. The van der Waals surface area contributed by atoms with Gasteiger partial charge in [-0.3, -0.25) is 0 Å². The molecule has 5 heteroatoms. The zero-order valence-corrected chi connectivity index (χ0v) is 9.92. The van der Waals surface area contributed by atoms with E-state index in [4.69, 9.17) is 4.42 Å². The van der Waals surface area contributed by atoms with Gasteiger partial charge >= 0.3 is 0 Å². The Morgan fingerprint density at radius 1 is 1.05 bits per heavy atom. The second-order valence-electron chi connectivity index (χ2n) is 4.26. The van der Waals surface area contributed by atoms with Crippen molar-refractivity contribution < 1.29 is 4.42 Å². The van der Waals surface area contributed by atoms with Crippen molar-refractivity contribution in [1.82, 2.24) is 15.0 Å². The van der Waals surface area contributed by atoms with E-state index in [9.17, 15) is 0 Å². The molecule has 2 heterocycles. The highest BCUT2D eigenvalue weighted by Crippen LogP contribution is 2.21. The summed E-state index contributed by atoms with van der Waals surface area (Å²) in [6, 6.07) is 13.7. The first kappa shape index (κ1) is 10.1. The zero-order chi connectivity index (χ0) is 12.7. The van der Waals surface area contributed by atoms with Crippen molar-refractivity contribution in [2.75, 3.05) is 5.32 Å². The Hall–Kier alpha value is -2.82. The summed E-state index contributed by atoms with van der Waals surface area (Å²) >= 11 is 0. The molecule has 0 bridgehead atoms. The number of nitrogens with one attached hydrogen (secondary N) is 2. The fourth-order valence-electron chi connectivity index (χ4n) is 2.08. The molecule has 2 aromatic carbocycles. The summed E-state index contributed by atoms with van der Waals surface area (Å²) in [5.41, 5.74) is 4.44. The molecule has 4 aromatic rings. The lowest BCUT2D eigenvalue weighted by molar-refractivity contribution is 0.602. The van der Waals surface area contributed by atoms with Gasteiger partial charge in [-0.2, -0.15) is 0 Å². The van der Waals surface area contributed by atoms with Gasteiger partial charge < -0.3 is 14.7 Å². The van der Waals surface area contributed by atoms with Crippen molar-refractivity contribution in [2.24, 2.45) is 0 Å². The molecule has 0 amide bonds. The van der Waals surface area contributed by atoms with Crippen LogP contribution in [0.2, 0.25) is 0 Å². The molecule has 5 nitrogen and oxygen atoms in total. The number of aromatic nitrogens is 3. The van der Waals surface area contributed by atoms with Crippen LogP contribution in [0.4, 0.5) is 11.6 Å². The van der Waals surface area contributed by atoms with Gasteiger partial charge in [-0.15, -0.1) is 0 Å². The number of oxazole rings is 1. The molecule has 92 valence electrons. The number of aromatic amines is 1. The summed E-state index contributed by atoms with van der Waals surface area (Å²) in [4.78, 5) is 11.8. The number of fused-ring (bicyclic) bond motifs is 2. The number of hydrogen-bond donors (Lipinski definition) is 2. The minimum atomic E-state index is 0.708. The summed E-state index contributed by atoms with van der Waals surface area (Å²) in [6.45, 7) is 0. The molecule has 19 heavy (non-hydrogen) atoms. The number of nitrogens with zero attached hydrogens (tertiary/aromatic N) is 2. The fraction of sp³-hybridized carbons (Fsp3) is 0. The Kier molecular flexibility index (Phi) is 2.05. The monoisotopic (exact) mass is 250 g/mol. The minimum absolute atomic E-state index is 0.708. The van der Waals surface area contributed by atoms with E-state index in [1.54, 1.807) is 0 Å². The van der Waals surface area contributed by atoms with Gasteiger partial charge in [-0.25, -0.2) is 9.97 Å². The number of anilines is 2. The second kappa shape index (κ2) is 3.84. The van der Waals surface area contributed by atoms with Gasteiger partial charge in [0.1, 0.15) is 5.52 Å². The van der Waals surface area contributed by atoms with Crippen LogP contribution in [-0.2, 0) is 0 Å². The molecule has 0 fully saturated rings. The quantitative estimate of drug-likeness (QED) is 0.571. The van der Waals surface area contributed by atoms with Crippen LogP contribution in [0, 0.1) is 0 Å². The maximum absolute atomic E-state index is 5.27. The van der Waals surface area contributed by atoms with Crippen molar-refractivity contribution >= 4 is 33.8 Å². The van der Waals surface area contributed by atoms with Crippen LogP contribution >= 0.6 is 0 Å². The highest BCUT2D eigenvalue weighted by atomic mass is 16.3.